The summed E-state index contributed by atoms with van der Waals surface area (Å²) < 4.78 is 1.57. The van der Waals surface area contributed by atoms with Crippen LogP contribution in [0.25, 0.3) is 17.0 Å². The average Bonchev–Trinajstić information content (AvgIpc) is 3.33. The Bertz CT molecular complexity index is 1710. The van der Waals surface area contributed by atoms with Gasteiger partial charge < -0.3 is 15.1 Å². The highest BCUT2D eigenvalue weighted by atomic mass is 32.2. The van der Waals surface area contributed by atoms with Crippen LogP contribution in [-0.2, 0) is 9.59 Å². The van der Waals surface area contributed by atoms with Crippen molar-refractivity contribution < 1.29 is 14.4 Å². The molecule has 11 heteroatoms. The van der Waals surface area contributed by atoms with Crippen LogP contribution < -0.4 is 15.1 Å². The predicted octanol–water partition coefficient (Wildman–Crippen LogP) is 4.61. The number of amides is 2. The van der Waals surface area contributed by atoms with Gasteiger partial charge in [0, 0.05) is 62.9 Å². The molecule has 2 aromatic carbocycles. The van der Waals surface area contributed by atoms with Crippen molar-refractivity contribution in [3.05, 3.63) is 71.4 Å². The number of likely N-dealkylation sites (N-methyl/N-ethyl adjacent to an activating group) is 1. The summed E-state index contributed by atoms with van der Waals surface area (Å²) in [5.41, 5.74) is 3.76. The molecule has 2 aromatic heterocycles. The fourth-order valence-electron chi connectivity index (χ4n) is 5.10. The molecule has 1 saturated heterocycles. The molecular weight excluding hydrogens is 538 g/mol. The molecule has 0 radical (unpaired) electrons. The Morgan fingerprint density at radius 2 is 1.76 bits per heavy atom. The number of para-hydroxylation sites is 1. The van der Waals surface area contributed by atoms with Gasteiger partial charge in [0.15, 0.2) is 0 Å². The summed E-state index contributed by atoms with van der Waals surface area (Å²) in [6, 6.07) is 15.4. The average molecular weight is 568 g/mol. The Morgan fingerprint density at radius 3 is 2.46 bits per heavy atom. The minimum atomic E-state index is -0.290. The predicted molar refractivity (Wildman–Crippen MR) is 162 cm³/mol. The number of rotatable bonds is 4. The largest absolute Gasteiger partial charge is 0.369 e. The lowest BCUT2D eigenvalue weighted by Gasteiger charge is -2.34. The number of piperazine rings is 1. The molecule has 4 heterocycles. The maximum Gasteiger partial charge on any atom is 0.262 e. The Labute approximate surface area is 241 Å². The summed E-state index contributed by atoms with van der Waals surface area (Å²) in [4.78, 5) is 53.5. The number of anilines is 4. The molecule has 0 aliphatic carbocycles. The number of nitrogens with zero attached hydrogens (tertiary/aromatic N) is 6. The number of aromatic nitrogens is 3. The zero-order valence-corrected chi connectivity index (χ0v) is 23.8. The van der Waals surface area contributed by atoms with Crippen molar-refractivity contribution in [2.24, 2.45) is 0 Å². The van der Waals surface area contributed by atoms with Crippen molar-refractivity contribution in [2.75, 3.05) is 48.3 Å². The minimum absolute atomic E-state index is 0.116. The highest BCUT2D eigenvalue weighted by Crippen LogP contribution is 2.39. The van der Waals surface area contributed by atoms with E-state index in [0.717, 1.165) is 48.3 Å². The maximum atomic E-state index is 13.0. The van der Waals surface area contributed by atoms with Crippen molar-refractivity contribution in [3.63, 3.8) is 0 Å². The van der Waals surface area contributed by atoms with Crippen LogP contribution in [-0.4, -0.2) is 70.4 Å². The number of thioether (sulfide) groups is 1. The first-order chi connectivity index (χ1) is 19.8. The third-order valence-corrected chi connectivity index (χ3v) is 8.31. The summed E-state index contributed by atoms with van der Waals surface area (Å²) in [7, 11) is 2.12. The van der Waals surface area contributed by atoms with E-state index >= 15 is 0 Å². The second-order valence-corrected chi connectivity index (χ2v) is 11.1. The molecule has 41 heavy (non-hydrogen) atoms. The second-order valence-electron chi connectivity index (χ2n) is 10.1. The van der Waals surface area contributed by atoms with Crippen molar-refractivity contribution in [1.82, 2.24) is 19.4 Å². The highest BCUT2D eigenvalue weighted by Gasteiger charge is 2.26. The molecule has 6 rings (SSSR count). The van der Waals surface area contributed by atoms with Crippen LogP contribution in [0.5, 0.6) is 0 Å². The number of nitrogens with one attached hydrogen (secondary N) is 1. The van der Waals surface area contributed by atoms with E-state index in [4.69, 9.17) is 0 Å². The fourth-order valence-corrected chi connectivity index (χ4v) is 5.98. The molecule has 2 amide bonds. The molecule has 1 N–H and O–H groups in total. The van der Waals surface area contributed by atoms with E-state index in [-0.39, 0.29) is 23.7 Å². The lowest BCUT2D eigenvalue weighted by Crippen LogP contribution is -2.44. The third kappa shape index (κ3) is 5.21. The van der Waals surface area contributed by atoms with Crippen molar-refractivity contribution in [1.29, 1.82) is 0 Å². The zero-order chi connectivity index (χ0) is 28.7. The molecular formula is C30H29N7O3S. The summed E-state index contributed by atoms with van der Waals surface area (Å²) in [5, 5.41) is 4.24. The molecule has 2 aliphatic heterocycles. The van der Waals surface area contributed by atoms with Crippen LogP contribution in [0.2, 0.25) is 0 Å². The lowest BCUT2D eigenvalue weighted by molar-refractivity contribution is -0.116. The van der Waals surface area contributed by atoms with Crippen molar-refractivity contribution in [3.8, 4) is 0 Å². The number of hydrogen-bond acceptors (Lipinski definition) is 8. The molecule has 0 saturated carbocycles. The molecule has 0 atom stereocenters. The molecule has 10 nitrogen and oxygen atoms in total. The maximum absolute atomic E-state index is 13.0. The Morgan fingerprint density at radius 1 is 1.02 bits per heavy atom. The quantitative estimate of drug-likeness (QED) is 0.282. The minimum Gasteiger partial charge on any atom is -0.369 e. The number of benzene rings is 2. The van der Waals surface area contributed by atoms with Crippen LogP contribution in [0.4, 0.5) is 23.0 Å². The number of carbonyl (C=O) groups excluding carboxylic acids is 3. The standard InChI is InChI=1S/C30H29N7O3S/c1-19(38)36-18-21(24-6-4-5-7-26(24)36)16-27-28(40)32-25-17-31-30(33-29(25)41-27)37(20(2)39)23-10-8-22(9-11-23)35-14-12-34(3)13-15-35/h4-11,16-18H,12-15H2,1-3H3,(H,32,40)/b27-16-. The van der Waals surface area contributed by atoms with Gasteiger partial charge in [-0.15, -0.1) is 0 Å². The highest BCUT2D eigenvalue weighted by molar-refractivity contribution is 8.04. The van der Waals surface area contributed by atoms with Crippen LogP contribution in [0.15, 0.2) is 70.9 Å². The van der Waals surface area contributed by atoms with Gasteiger partial charge in [0.05, 0.1) is 28.0 Å². The fraction of sp³-hybridized carbons (Fsp3) is 0.233. The molecule has 1 fully saturated rings. The van der Waals surface area contributed by atoms with Gasteiger partial charge in [-0.25, -0.2) is 14.9 Å². The Hall–Kier alpha value is -4.48. The van der Waals surface area contributed by atoms with Gasteiger partial charge in [0.25, 0.3) is 5.91 Å². The molecule has 208 valence electrons. The topological polar surface area (TPSA) is 104 Å². The normalized spacial score (nSPS) is 16.5. The van der Waals surface area contributed by atoms with Crippen molar-refractivity contribution >= 4 is 69.5 Å². The number of fused-ring (bicyclic) bond motifs is 2. The van der Waals surface area contributed by atoms with E-state index in [9.17, 15) is 14.4 Å². The van der Waals surface area contributed by atoms with E-state index in [1.165, 1.54) is 36.7 Å². The molecule has 0 bridgehead atoms. The van der Waals surface area contributed by atoms with Gasteiger partial charge >= 0.3 is 0 Å². The van der Waals surface area contributed by atoms with Gasteiger partial charge in [-0.1, -0.05) is 30.0 Å². The number of carbonyl (C=O) groups is 3. The van der Waals surface area contributed by atoms with Gasteiger partial charge in [-0.05, 0) is 43.5 Å². The monoisotopic (exact) mass is 567 g/mol. The first-order valence-corrected chi connectivity index (χ1v) is 14.1. The Kier molecular flexibility index (Phi) is 7.06. The van der Waals surface area contributed by atoms with E-state index < -0.39 is 0 Å². The smallest absolute Gasteiger partial charge is 0.262 e. The SMILES string of the molecule is CC(=O)N(c1ccc(N2CCN(C)CC2)cc1)c1ncc2c(n1)S/C(=C\c1cn(C(C)=O)c3ccccc13)C(=O)N2. The number of hydrogen-bond donors (Lipinski definition) is 1. The van der Waals surface area contributed by atoms with Crippen LogP contribution >= 0.6 is 11.8 Å². The molecule has 0 spiro atoms. The van der Waals surface area contributed by atoms with Gasteiger partial charge in [0.1, 0.15) is 5.03 Å². The molecule has 2 aliphatic rings. The summed E-state index contributed by atoms with van der Waals surface area (Å²) in [6.45, 7) is 6.90. The van der Waals surface area contributed by atoms with Crippen LogP contribution in [0.1, 0.15) is 24.2 Å². The van der Waals surface area contributed by atoms with Crippen LogP contribution in [0.3, 0.4) is 0 Å². The van der Waals surface area contributed by atoms with Gasteiger partial charge in [0.2, 0.25) is 17.8 Å². The van der Waals surface area contributed by atoms with E-state index in [2.05, 4.69) is 32.1 Å². The summed E-state index contributed by atoms with van der Waals surface area (Å²) in [6.07, 6.45) is 5.01. The van der Waals surface area contributed by atoms with E-state index in [0.29, 0.717) is 21.3 Å². The Balaban J connectivity index is 1.30. The van der Waals surface area contributed by atoms with Gasteiger partial charge in [-0.2, -0.15) is 0 Å². The lowest BCUT2D eigenvalue weighted by atomic mass is 10.1. The van der Waals surface area contributed by atoms with E-state index in [1.54, 1.807) is 16.8 Å². The summed E-state index contributed by atoms with van der Waals surface area (Å²) >= 11 is 1.20. The second kappa shape index (κ2) is 10.8. The van der Waals surface area contributed by atoms with Gasteiger partial charge in [-0.3, -0.25) is 19.0 Å². The molecule has 0 unspecified atom stereocenters. The first-order valence-electron chi connectivity index (χ1n) is 13.3. The van der Waals surface area contributed by atoms with Crippen LogP contribution in [0, 0.1) is 0 Å². The molecule has 4 aromatic rings. The first kappa shape index (κ1) is 26.7. The third-order valence-electron chi connectivity index (χ3n) is 7.28. The van der Waals surface area contributed by atoms with Crippen molar-refractivity contribution in [2.45, 2.75) is 18.9 Å². The zero-order valence-electron chi connectivity index (χ0n) is 23.0. The van der Waals surface area contributed by atoms with E-state index in [1.807, 2.05) is 48.5 Å². The summed E-state index contributed by atoms with van der Waals surface area (Å²) in [5.74, 6) is -0.411.